The Morgan fingerprint density at radius 3 is 3.00 bits per heavy atom. The topological polar surface area (TPSA) is 12.0 Å². The molecule has 0 amide bonds. The van der Waals surface area contributed by atoms with Gasteiger partial charge >= 0.3 is 0 Å². The maximum absolute atomic E-state index is 5.09. The Hall–Kier alpha value is 0.240. The highest BCUT2D eigenvalue weighted by atomic mass is 32.2. The Kier molecular flexibility index (Phi) is 1.87. The zero-order valence-corrected chi connectivity index (χ0v) is 7.43. The molecule has 1 N–H and O–H groups in total. The molecular weight excluding hydrogens is 162 g/mol. The molecule has 1 aliphatic heterocycles. The van der Waals surface area contributed by atoms with Crippen molar-refractivity contribution in [3.63, 3.8) is 0 Å². The van der Waals surface area contributed by atoms with Crippen LogP contribution in [0.3, 0.4) is 0 Å². The average molecular weight is 173 g/mol. The summed E-state index contributed by atoms with van der Waals surface area (Å²) >= 11 is 6.96. The Morgan fingerprint density at radius 1 is 1.40 bits per heavy atom. The van der Waals surface area contributed by atoms with E-state index in [-0.39, 0.29) is 0 Å². The summed E-state index contributed by atoms with van der Waals surface area (Å²) in [6.45, 7) is 0. The van der Waals surface area contributed by atoms with Crippen molar-refractivity contribution in [3.05, 3.63) is 0 Å². The predicted octanol–water partition coefficient (Wildman–Crippen LogP) is 1.92. The number of hydrogen-bond donors (Lipinski definition) is 1. The van der Waals surface area contributed by atoms with Gasteiger partial charge in [-0.25, -0.2) is 0 Å². The summed E-state index contributed by atoms with van der Waals surface area (Å²) in [6.07, 6.45) is 5.48. The fourth-order valence-electron chi connectivity index (χ4n) is 1.73. The van der Waals surface area contributed by atoms with Crippen LogP contribution in [0.5, 0.6) is 0 Å². The second kappa shape index (κ2) is 2.70. The fraction of sp³-hybridized carbons (Fsp3) is 0.857. The first-order valence-corrected chi connectivity index (χ1v) is 5.12. The summed E-state index contributed by atoms with van der Waals surface area (Å²) < 4.78 is 1.02. The van der Waals surface area contributed by atoms with E-state index in [0.717, 1.165) is 9.57 Å². The summed E-state index contributed by atoms with van der Waals surface area (Å²) in [5.41, 5.74) is 0. The molecular formula is C7H11NS2. The van der Waals surface area contributed by atoms with Gasteiger partial charge in [0.25, 0.3) is 0 Å². The molecule has 1 saturated carbocycles. The molecule has 2 aliphatic rings. The van der Waals surface area contributed by atoms with Crippen LogP contribution in [-0.2, 0) is 0 Å². The smallest absolute Gasteiger partial charge is 0.134 e. The summed E-state index contributed by atoms with van der Waals surface area (Å²) in [5.74, 6) is 0. The number of thioether (sulfide) groups is 1. The minimum atomic E-state index is 0.714. The van der Waals surface area contributed by atoms with Crippen molar-refractivity contribution in [1.82, 2.24) is 5.32 Å². The van der Waals surface area contributed by atoms with Crippen molar-refractivity contribution >= 4 is 28.3 Å². The highest BCUT2D eigenvalue weighted by Crippen LogP contribution is 2.34. The van der Waals surface area contributed by atoms with Gasteiger partial charge in [-0.1, -0.05) is 36.8 Å². The molecule has 0 bridgehead atoms. The second-order valence-electron chi connectivity index (χ2n) is 2.98. The average Bonchev–Trinajstić information content (AvgIpc) is 2.27. The van der Waals surface area contributed by atoms with Crippen LogP contribution in [-0.4, -0.2) is 15.6 Å². The van der Waals surface area contributed by atoms with Gasteiger partial charge in [-0.3, -0.25) is 0 Å². The van der Waals surface area contributed by atoms with Gasteiger partial charge in [-0.05, 0) is 12.8 Å². The fourth-order valence-corrected chi connectivity index (χ4v) is 3.40. The van der Waals surface area contributed by atoms with Gasteiger partial charge < -0.3 is 5.32 Å². The lowest BCUT2D eigenvalue weighted by molar-refractivity contribution is 0.436. The molecule has 10 heavy (non-hydrogen) atoms. The molecule has 0 radical (unpaired) electrons. The molecule has 1 nitrogen and oxygen atoms in total. The lowest BCUT2D eigenvalue weighted by Crippen LogP contribution is -2.33. The maximum atomic E-state index is 5.09. The highest BCUT2D eigenvalue weighted by Gasteiger charge is 2.32. The summed E-state index contributed by atoms with van der Waals surface area (Å²) in [5, 5.41) is 4.16. The van der Waals surface area contributed by atoms with Crippen LogP contribution in [0.1, 0.15) is 25.7 Å². The van der Waals surface area contributed by atoms with E-state index >= 15 is 0 Å². The molecule has 2 fully saturated rings. The molecule has 3 heteroatoms. The third kappa shape index (κ3) is 1.17. The standard InChI is InChI=1S/C7H11NS2/c9-7-8-5-3-1-2-4-6(5)10-7/h5-6H,1-4H2,(H,8,9)/t5-,6-/m0/s1. The minimum absolute atomic E-state index is 0.714. The van der Waals surface area contributed by atoms with E-state index in [1.54, 1.807) is 0 Å². The maximum Gasteiger partial charge on any atom is 0.134 e. The molecule has 0 aromatic rings. The molecule has 1 aliphatic carbocycles. The molecule has 2 atom stereocenters. The molecule has 1 heterocycles. The predicted molar refractivity (Wildman–Crippen MR) is 49.4 cm³/mol. The highest BCUT2D eigenvalue weighted by molar-refractivity contribution is 8.23. The van der Waals surface area contributed by atoms with E-state index in [2.05, 4.69) is 5.32 Å². The number of nitrogens with one attached hydrogen (secondary N) is 1. The first-order chi connectivity index (χ1) is 4.86. The summed E-state index contributed by atoms with van der Waals surface area (Å²) in [6, 6.07) is 0.714. The molecule has 2 rings (SSSR count). The molecule has 0 aromatic heterocycles. The first-order valence-electron chi connectivity index (χ1n) is 3.83. The number of fused-ring (bicyclic) bond motifs is 1. The van der Waals surface area contributed by atoms with Crippen LogP contribution in [0, 0.1) is 0 Å². The van der Waals surface area contributed by atoms with E-state index in [1.807, 2.05) is 11.8 Å². The van der Waals surface area contributed by atoms with Crippen LogP contribution in [0.15, 0.2) is 0 Å². The van der Waals surface area contributed by atoms with E-state index in [1.165, 1.54) is 25.7 Å². The molecule has 0 spiro atoms. The van der Waals surface area contributed by atoms with Crippen molar-refractivity contribution in [3.8, 4) is 0 Å². The van der Waals surface area contributed by atoms with E-state index in [4.69, 9.17) is 12.2 Å². The molecule has 0 unspecified atom stereocenters. The van der Waals surface area contributed by atoms with Crippen molar-refractivity contribution in [2.45, 2.75) is 37.0 Å². The third-order valence-electron chi connectivity index (χ3n) is 2.26. The minimum Gasteiger partial charge on any atom is -0.367 e. The molecule has 1 saturated heterocycles. The van der Waals surface area contributed by atoms with Crippen molar-refractivity contribution in [1.29, 1.82) is 0 Å². The van der Waals surface area contributed by atoms with Gasteiger partial charge in [-0.15, -0.1) is 0 Å². The third-order valence-corrected chi connectivity index (χ3v) is 3.87. The second-order valence-corrected chi connectivity index (χ2v) is 4.90. The van der Waals surface area contributed by atoms with Gasteiger partial charge in [0.1, 0.15) is 4.32 Å². The Balaban J connectivity index is 2.04. The quantitative estimate of drug-likeness (QED) is 0.562. The van der Waals surface area contributed by atoms with Gasteiger partial charge in [-0.2, -0.15) is 0 Å². The van der Waals surface area contributed by atoms with Crippen LogP contribution in [0.4, 0.5) is 0 Å². The van der Waals surface area contributed by atoms with E-state index in [9.17, 15) is 0 Å². The molecule has 0 aromatic carbocycles. The van der Waals surface area contributed by atoms with Crippen LogP contribution >= 0.6 is 24.0 Å². The zero-order chi connectivity index (χ0) is 6.97. The molecule has 56 valence electrons. The SMILES string of the molecule is S=C1N[C@H]2CCCC[C@@H]2S1. The lowest BCUT2D eigenvalue weighted by Gasteiger charge is -2.22. The normalized spacial score (nSPS) is 39.0. The number of thiocarbonyl (C=S) groups is 1. The Bertz CT molecular complexity index is 142. The zero-order valence-electron chi connectivity index (χ0n) is 5.80. The van der Waals surface area contributed by atoms with Crippen LogP contribution in [0.2, 0.25) is 0 Å². The van der Waals surface area contributed by atoms with Gasteiger partial charge in [0.15, 0.2) is 0 Å². The first kappa shape index (κ1) is 6.92. The van der Waals surface area contributed by atoms with E-state index in [0.29, 0.717) is 6.04 Å². The van der Waals surface area contributed by atoms with Gasteiger partial charge in [0.2, 0.25) is 0 Å². The van der Waals surface area contributed by atoms with Crippen molar-refractivity contribution < 1.29 is 0 Å². The van der Waals surface area contributed by atoms with Gasteiger partial charge in [0.05, 0.1) is 0 Å². The van der Waals surface area contributed by atoms with Gasteiger partial charge in [0, 0.05) is 11.3 Å². The largest absolute Gasteiger partial charge is 0.367 e. The summed E-state index contributed by atoms with van der Waals surface area (Å²) in [4.78, 5) is 0. The van der Waals surface area contributed by atoms with E-state index < -0.39 is 0 Å². The van der Waals surface area contributed by atoms with Crippen molar-refractivity contribution in [2.75, 3.05) is 0 Å². The monoisotopic (exact) mass is 173 g/mol. The Morgan fingerprint density at radius 2 is 2.20 bits per heavy atom. The van der Waals surface area contributed by atoms with Crippen LogP contribution < -0.4 is 5.32 Å². The Labute approximate surface area is 70.9 Å². The summed E-state index contributed by atoms with van der Waals surface area (Å²) in [7, 11) is 0. The van der Waals surface area contributed by atoms with Crippen LogP contribution in [0.25, 0.3) is 0 Å². The lowest BCUT2D eigenvalue weighted by atomic mass is 9.95. The van der Waals surface area contributed by atoms with Crippen molar-refractivity contribution in [2.24, 2.45) is 0 Å². The number of rotatable bonds is 0. The number of hydrogen-bond acceptors (Lipinski definition) is 2.